The zero-order valence-corrected chi connectivity index (χ0v) is 14.9. The van der Waals surface area contributed by atoms with Gasteiger partial charge < -0.3 is 0 Å². The van der Waals surface area contributed by atoms with Crippen LogP contribution in [0, 0.1) is 6.92 Å². The third-order valence-corrected chi connectivity index (χ3v) is 5.20. The molecule has 4 rings (SSSR count). The minimum absolute atomic E-state index is 0.0304. The molecule has 1 aliphatic heterocycles. The number of hydrogen-bond donors (Lipinski definition) is 0. The van der Waals surface area contributed by atoms with E-state index in [2.05, 4.69) is 16.0 Å². The Labute approximate surface area is 151 Å². The summed E-state index contributed by atoms with van der Waals surface area (Å²) in [5.74, 6) is 0. The molecular weight excluding hydrogens is 334 g/mol. The number of fused-ring (bicyclic) bond motifs is 1. The lowest BCUT2D eigenvalue weighted by Gasteiger charge is -2.25. The molecule has 0 N–H and O–H groups in total. The van der Waals surface area contributed by atoms with Crippen molar-refractivity contribution < 1.29 is 0 Å². The fourth-order valence-electron chi connectivity index (χ4n) is 3.66. The zero-order chi connectivity index (χ0) is 17.4. The minimum Gasteiger partial charge on any atom is -0.290 e. The van der Waals surface area contributed by atoms with E-state index in [0.29, 0.717) is 12.2 Å². The SMILES string of the molecule is Cc1ccc2nc(CN3CCCC3c3ccccc3Cl)cc(=O)n2c1. The Bertz CT molecular complexity index is 982. The fourth-order valence-corrected chi connectivity index (χ4v) is 3.92. The molecule has 128 valence electrons. The van der Waals surface area contributed by atoms with Gasteiger partial charge in [-0.05, 0) is 49.6 Å². The predicted octanol–water partition coefficient (Wildman–Crippen LogP) is 3.99. The quantitative estimate of drug-likeness (QED) is 0.714. The topological polar surface area (TPSA) is 37.6 Å². The predicted molar refractivity (Wildman–Crippen MR) is 100 cm³/mol. The van der Waals surface area contributed by atoms with Crippen LogP contribution in [0.1, 0.15) is 35.7 Å². The highest BCUT2D eigenvalue weighted by Gasteiger charge is 2.27. The summed E-state index contributed by atoms with van der Waals surface area (Å²) < 4.78 is 1.61. The van der Waals surface area contributed by atoms with Gasteiger partial charge in [0.2, 0.25) is 0 Å². The van der Waals surface area contributed by atoms with Crippen molar-refractivity contribution in [2.75, 3.05) is 6.54 Å². The number of rotatable bonds is 3. The summed E-state index contributed by atoms with van der Waals surface area (Å²) in [6, 6.07) is 13.8. The largest absolute Gasteiger partial charge is 0.290 e. The van der Waals surface area contributed by atoms with Crippen LogP contribution in [-0.4, -0.2) is 20.8 Å². The van der Waals surface area contributed by atoms with E-state index in [4.69, 9.17) is 11.6 Å². The number of pyridine rings is 1. The number of halogens is 1. The molecule has 25 heavy (non-hydrogen) atoms. The first kappa shape index (κ1) is 16.3. The lowest BCUT2D eigenvalue weighted by atomic mass is 10.0. The first-order valence-electron chi connectivity index (χ1n) is 8.59. The van der Waals surface area contributed by atoms with Crippen molar-refractivity contribution in [1.29, 1.82) is 0 Å². The monoisotopic (exact) mass is 353 g/mol. The van der Waals surface area contributed by atoms with Crippen LogP contribution in [-0.2, 0) is 6.54 Å². The molecule has 0 amide bonds. The fraction of sp³-hybridized carbons (Fsp3) is 0.300. The Hall–Kier alpha value is -2.17. The molecule has 4 nitrogen and oxygen atoms in total. The summed E-state index contributed by atoms with van der Waals surface area (Å²) in [5, 5.41) is 0.807. The molecule has 3 heterocycles. The van der Waals surface area contributed by atoms with Crippen molar-refractivity contribution in [1.82, 2.24) is 14.3 Å². The Morgan fingerprint density at radius 2 is 2.08 bits per heavy atom. The third kappa shape index (κ3) is 3.20. The van der Waals surface area contributed by atoms with Crippen molar-refractivity contribution >= 4 is 17.2 Å². The average molecular weight is 354 g/mol. The number of likely N-dealkylation sites (tertiary alicyclic amines) is 1. The molecule has 1 saturated heterocycles. The number of hydrogen-bond acceptors (Lipinski definition) is 3. The molecular formula is C20H20ClN3O. The van der Waals surface area contributed by atoms with E-state index in [0.717, 1.165) is 41.2 Å². The van der Waals surface area contributed by atoms with Crippen LogP contribution < -0.4 is 5.56 Å². The Kier molecular flexibility index (Phi) is 4.32. The number of benzene rings is 1. The zero-order valence-electron chi connectivity index (χ0n) is 14.2. The molecule has 0 bridgehead atoms. The maximum Gasteiger partial charge on any atom is 0.258 e. The average Bonchev–Trinajstić information content (AvgIpc) is 3.04. The molecule has 1 aromatic carbocycles. The molecule has 1 atom stereocenters. The summed E-state index contributed by atoms with van der Waals surface area (Å²) in [4.78, 5) is 19.5. The van der Waals surface area contributed by atoms with E-state index in [9.17, 15) is 4.79 Å². The molecule has 3 aromatic rings. The van der Waals surface area contributed by atoms with Gasteiger partial charge in [-0.1, -0.05) is 35.9 Å². The van der Waals surface area contributed by atoms with Gasteiger partial charge in [0.15, 0.2) is 0 Å². The second-order valence-electron chi connectivity index (χ2n) is 6.67. The van der Waals surface area contributed by atoms with E-state index in [-0.39, 0.29) is 11.6 Å². The van der Waals surface area contributed by atoms with Crippen LogP contribution in [0.4, 0.5) is 0 Å². The van der Waals surface area contributed by atoms with Gasteiger partial charge >= 0.3 is 0 Å². The van der Waals surface area contributed by atoms with Crippen LogP contribution in [0.2, 0.25) is 5.02 Å². The summed E-state index contributed by atoms with van der Waals surface area (Å²) in [5.41, 5.74) is 3.68. The van der Waals surface area contributed by atoms with Crippen LogP contribution in [0.15, 0.2) is 53.5 Å². The summed E-state index contributed by atoms with van der Waals surface area (Å²) in [6.45, 7) is 3.62. The summed E-state index contributed by atoms with van der Waals surface area (Å²) in [6.07, 6.45) is 4.04. The Morgan fingerprint density at radius 3 is 2.92 bits per heavy atom. The Balaban J connectivity index is 1.65. The van der Waals surface area contributed by atoms with Gasteiger partial charge in [0.05, 0.1) is 5.69 Å². The van der Waals surface area contributed by atoms with Crippen LogP contribution in [0.5, 0.6) is 0 Å². The second kappa shape index (κ2) is 6.62. The van der Waals surface area contributed by atoms with Crippen molar-refractivity contribution in [3.8, 4) is 0 Å². The Morgan fingerprint density at radius 1 is 1.24 bits per heavy atom. The van der Waals surface area contributed by atoms with Gasteiger partial charge in [0.25, 0.3) is 5.56 Å². The summed E-state index contributed by atoms with van der Waals surface area (Å²) >= 11 is 6.40. The molecule has 0 aliphatic carbocycles. The highest BCUT2D eigenvalue weighted by Crippen LogP contribution is 2.36. The van der Waals surface area contributed by atoms with E-state index >= 15 is 0 Å². The standard InChI is InChI=1S/C20H20ClN3O/c1-14-8-9-19-22-15(11-20(25)24(19)12-14)13-23-10-4-7-18(23)16-5-2-3-6-17(16)21/h2-3,5-6,8-9,11-12,18H,4,7,10,13H2,1H3. The van der Waals surface area contributed by atoms with Crippen molar-refractivity contribution in [3.63, 3.8) is 0 Å². The van der Waals surface area contributed by atoms with Gasteiger partial charge in [-0.15, -0.1) is 0 Å². The van der Waals surface area contributed by atoms with Gasteiger partial charge in [-0.3, -0.25) is 14.1 Å². The molecule has 2 aromatic heterocycles. The van der Waals surface area contributed by atoms with Crippen molar-refractivity contribution in [2.45, 2.75) is 32.4 Å². The normalized spacial score (nSPS) is 18.1. The molecule has 0 spiro atoms. The number of nitrogens with zero attached hydrogens (tertiary/aromatic N) is 3. The molecule has 1 unspecified atom stereocenters. The lowest BCUT2D eigenvalue weighted by molar-refractivity contribution is 0.245. The maximum absolute atomic E-state index is 12.4. The third-order valence-electron chi connectivity index (χ3n) is 4.85. The first-order valence-corrected chi connectivity index (χ1v) is 8.97. The number of aryl methyl sites for hydroxylation is 1. The van der Waals surface area contributed by atoms with Crippen LogP contribution in [0.25, 0.3) is 5.65 Å². The van der Waals surface area contributed by atoms with Gasteiger partial charge in [0.1, 0.15) is 5.65 Å². The van der Waals surface area contributed by atoms with E-state index in [1.54, 1.807) is 10.5 Å². The van der Waals surface area contributed by atoms with E-state index < -0.39 is 0 Å². The van der Waals surface area contributed by atoms with Crippen LogP contribution >= 0.6 is 11.6 Å². The first-order chi connectivity index (χ1) is 12.1. The molecule has 0 saturated carbocycles. The lowest BCUT2D eigenvalue weighted by Crippen LogP contribution is -2.25. The van der Waals surface area contributed by atoms with Gasteiger partial charge in [0, 0.05) is 29.9 Å². The second-order valence-corrected chi connectivity index (χ2v) is 7.08. The number of aromatic nitrogens is 2. The minimum atomic E-state index is -0.0304. The smallest absolute Gasteiger partial charge is 0.258 e. The molecule has 1 fully saturated rings. The van der Waals surface area contributed by atoms with Crippen molar-refractivity contribution in [2.24, 2.45) is 0 Å². The highest BCUT2D eigenvalue weighted by molar-refractivity contribution is 6.31. The van der Waals surface area contributed by atoms with Crippen molar-refractivity contribution in [3.05, 3.63) is 80.9 Å². The highest BCUT2D eigenvalue weighted by atomic mass is 35.5. The van der Waals surface area contributed by atoms with E-state index in [1.807, 2.05) is 43.5 Å². The summed E-state index contributed by atoms with van der Waals surface area (Å²) in [7, 11) is 0. The molecule has 5 heteroatoms. The van der Waals surface area contributed by atoms with Gasteiger partial charge in [-0.2, -0.15) is 0 Å². The molecule has 0 radical (unpaired) electrons. The van der Waals surface area contributed by atoms with Gasteiger partial charge in [-0.25, -0.2) is 4.98 Å². The molecule has 1 aliphatic rings. The van der Waals surface area contributed by atoms with Crippen LogP contribution in [0.3, 0.4) is 0 Å². The van der Waals surface area contributed by atoms with E-state index in [1.165, 1.54) is 0 Å². The maximum atomic E-state index is 12.4.